The minimum atomic E-state index is 0.184. The number of nitrogens with zero attached hydrogens (tertiary/aromatic N) is 3. The Hall–Kier alpha value is -1.68. The van der Waals surface area contributed by atoms with Crippen molar-refractivity contribution in [2.24, 2.45) is 7.05 Å². The summed E-state index contributed by atoms with van der Waals surface area (Å²) >= 11 is 0. The molecule has 1 N–H and O–H groups in total. The summed E-state index contributed by atoms with van der Waals surface area (Å²) in [4.78, 5) is 0. The number of hydrogen-bond donors (Lipinski definition) is 1. The van der Waals surface area contributed by atoms with Crippen molar-refractivity contribution in [1.29, 1.82) is 0 Å². The number of benzene rings is 1. The summed E-state index contributed by atoms with van der Waals surface area (Å²) in [6, 6.07) is 7.46. The molecule has 1 aromatic carbocycles. The van der Waals surface area contributed by atoms with E-state index in [1.165, 1.54) is 31.2 Å². The van der Waals surface area contributed by atoms with E-state index in [4.69, 9.17) is 0 Å². The quantitative estimate of drug-likeness (QED) is 0.938. The largest absolute Gasteiger partial charge is 0.319 e. The maximum Gasteiger partial charge on any atom is 0.149 e. The molecule has 4 heteroatoms. The van der Waals surface area contributed by atoms with Crippen LogP contribution in [0.1, 0.15) is 61.3 Å². The lowest BCUT2D eigenvalue weighted by molar-refractivity contribution is 0.465. The van der Waals surface area contributed by atoms with Crippen LogP contribution in [0.2, 0.25) is 0 Å². The maximum absolute atomic E-state index is 4.18. The molecule has 2 unspecified atom stereocenters. The summed E-state index contributed by atoms with van der Waals surface area (Å²) in [6.45, 7) is 4.36. The van der Waals surface area contributed by atoms with Gasteiger partial charge in [-0.25, -0.2) is 0 Å². The molecule has 0 saturated carbocycles. The molecule has 0 radical (unpaired) electrons. The summed E-state index contributed by atoms with van der Waals surface area (Å²) < 4.78 is 1.97. The summed E-state index contributed by atoms with van der Waals surface area (Å²) in [5, 5.41) is 11.8. The fourth-order valence-electron chi connectivity index (χ4n) is 3.25. The van der Waals surface area contributed by atoms with Crippen LogP contribution in [0.15, 0.2) is 24.5 Å². The molecule has 0 bridgehead atoms. The minimum Gasteiger partial charge on any atom is -0.319 e. The molecule has 21 heavy (non-hydrogen) atoms. The maximum atomic E-state index is 4.18. The summed E-state index contributed by atoms with van der Waals surface area (Å²) in [6.07, 6.45) is 6.88. The van der Waals surface area contributed by atoms with Crippen molar-refractivity contribution in [2.75, 3.05) is 0 Å². The topological polar surface area (TPSA) is 42.7 Å². The molecule has 1 aromatic heterocycles. The first-order chi connectivity index (χ1) is 10.1. The lowest BCUT2D eigenvalue weighted by atomic mass is 9.89. The highest BCUT2D eigenvalue weighted by molar-refractivity contribution is 5.35. The van der Waals surface area contributed by atoms with Gasteiger partial charge in [-0.2, -0.15) is 0 Å². The van der Waals surface area contributed by atoms with Crippen LogP contribution in [0.25, 0.3) is 0 Å². The van der Waals surface area contributed by atoms with Crippen molar-refractivity contribution in [1.82, 2.24) is 20.1 Å². The van der Waals surface area contributed by atoms with Crippen molar-refractivity contribution in [3.63, 3.8) is 0 Å². The predicted octanol–water partition coefficient (Wildman–Crippen LogP) is 3.11. The van der Waals surface area contributed by atoms with Crippen molar-refractivity contribution >= 4 is 0 Å². The third-order valence-electron chi connectivity index (χ3n) is 4.51. The van der Waals surface area contributed by atoms with Gasteiger partial charge in [0.1, 0.15) is 12.2 Å². The molecular weight excluding hydrogens is 260 g/mol. The van der Waals surface area contributed by atoms with E-state index in [2.05, 4.69) is 47.6 Å². The Morgan fingerprint density at radius 3 is 2.57 bits per heavy atom. The monoisotopic (exact) mass is 284 g/mol. The van der Waals surface area contributed by atoms with Gasteiger partial charge in [-0.15, -0.1) is 10.2 Å². The molecule has 2 atom stereocenters. The lowest BCUT2D eigenvalue weighted by Crippen LogP contribution is -2.25. The van der Waals surface area contributed by atoms with Gasteiger partial charge in [-0.3, -0.25) is 0 Å². The van der Waals surface area contributed by atoms with Crippen LogP contribution in [0.3, 0.4) is 0 Å². The zero-order valence-electron chi connectivity index (χ0n) is 13.1. The third kappa shape index (κ3) is 3.00. The highest BCUT2D eigenvalue weighted by Crippen LogP contribution is 2.25. The van der Waals surface area contributed by atoms with Crippen LogP contribution in [-0.2, 0) is 19.9 Å². The smallest absolute Gasteiger partial charge is 0.149 e. The van der Waals surface area contributed by atoms with Crippen LogP contribution in [0, 0.1) is 0 Å². The fraction of sp³-hybridized carbons (Fsp3) is 0.529. The van der Waals surface area contributed by atoms with Crippen molar-refractivity contribution in [3.8, 4) is 0 Å². The number of hydrogen-bond acceptors (Lipinski definition) is 3. The molecule has 0 spiro atoms. The Morgan fingerprint density at radius 2 is 1.86 bits per heavy atom. The second-order valence-electron chi connectivity index (χ2n) is 6.15. The Bertz CT molecular complexity index is 617. The van der Waals surface area contributed by atoms with Crippen molar-refractivity contribution < 1.29 is 0 Å². The van der Waals surface area contributed by atoms with E-state index >= 15 is 0 Å². The van der Waals surface area contributed by atoms with Crippen LogP contribution in [0.4, 0.5) is 0 Å². The number of nitrogens with one attached hydrogen (secondary N) is 1. The standard InChI is InChI=1S/C17H24N4/c1-12(19-13(2)17-20-18-11-21(17)3)15-9-8-14-6-4-5-7-16(14)10-15/h8-13,19H,4-7H2,1-3H3. The van der Waals surface area contributed by atoms with E-state index in [0.717, 1.165) is 5.82 Å². The van der Waals surface area contributed by atoms with Gasteiger partial charge in [0.05, 0.1) is 6.04 Å². The van der Waals surface area contributed by atoms with E-state index in [1.807, 2.05) is 11.6 Å². The van der Waals surface area contributed by atoms with Crippen LogP contribution >= 0.6 is 0 Å². The van der Waals surface area contributed by atoms with E-state index < -0.39 is 0 Å². The summed E-state index contributed by atoms with van der Waals surface area (Å²) in [5.74, 6) is 0.972. The molecule has 1 heterocycles. The second-order valence-corrected chi connectivity index (χ2v) is 6.15. The van der Waals surface area contributed by atoms with Gasteiger partial charge in [0.25, 0.3) is 0 Å². The molecule has 0 amide bonds. The summed E-state index contributed by atoms with van der Waals surface area (Å²) in [5.41, 5.74) is 4.45. The Labute approximate surface area is 126 Å². The molecule has 0 fully saturated rings. The molecule has 1 aliphatic carbocycles. The highest BCUT2D eigenvalue weighted by Gasteiger charge is 2.17. The number of fused-ring (bicyclic) bond motifs is 1. The van der Waals surface area contributed by atoms with Gasteiger partial charge in [-0.05, 0) is 56.2 Å². The molecule has 0 saturated heterocycles. The zero-order chi connectivity index (χ0) is 14.8. The van der Waals surface area contributed by atoms with Gasteiger partial charge in [0.2, 0.25) is 0 Å². The Kier molecular flexibility index (Phi) is 4.06. The van der Waals surface area contributed by atoms with Crippen molar-refractivity contribution in [2.45, 2.75) is 51.6 Å². The molecule has 3 rings (SSSR count). The number of rotatable bonds is 4. The normalized spacial score (nSPS) is 17.3. The average Bonchev–Trinajstić information content (AvgIpc) is 2.93. The van der Waals surface area contributed by atoms with Gasteiger partial charge in [-0.1, -0.05) is 18.2 Å². The number of aromatic nitrogens is 3. The SMILES string of the molecule is CC(NC(C)c1nncn1C)c1ccc2c(c1)CCCC2. The molecule has 112 valence electrons. The van der Waals surface area contributed by atoms with Crippen LogP contribution in [0.5, 0.6) is 0 Å². The van der Waals surface area contributed by atoms with Crippen molar-refractivity contribution in [3.05, 3.63) is 47.0 Å². The minimum absolute atomic E-state index is 0.184. The molecule has 0 aliphatic heterocycles. The fourth-order valence-corrected chi connectivity index (χ4v) is 3.25. The zero-order valence-corrected chi connectivity index (χ0v) is 13.1. The average molecular weight is 284 g/mol. The van der Waals surface area contributed by atoms with E-state index in [9.17, 15) is 0 Å². The van der Waals surface area contributed by atoms with Crippen LogP contribution in [-0.4, -0.2) is 14.8 Å². The van der Waals surface area contributed by atoms with E-state index in [1.54, 1.807) is 17.5 Å². The highest BCUT2D eigenvalue weighted by atomic mass is 15.3. The molecule has 1 aliphatic rings. The van der Waals surface area contributed by atoms with E-state index in [-0.39, 0.29) is 6.04 Å². The Morgan fingerprint density at radius 1 is 1.10 bits per heavy atom. The molecular formula is C17H24N4. The first-order valence-corrected chi connectivity index (χ1v) is 7.87. The Balaban J connectivity index is 1.73. The van der Waals surface area contributed by atoms with E-state index in [0.29, 0.717) is 6.04 Å². The van der Waals surface area contributed by atoms with Gasteiger partial charge < -0.3 is 9.88 Å². The number of aryl methyl sites for hydroxylation is 3. The third-order valence-corrected chi connectivity index (χ3v) is 4.51. The van der Waals surface area contributed by atoms with Gasteiger partial charge in [0.15, 0.2) is 0 Å². The molecule has 2 aromatic rings. The molecule has 4 nitrogen and oxygen atoms in total. The predicted molar refractivity (Wildman–Crippen MR) is 84.1 cm³/mol. The first-order valence-electron chi connectivity index (χ1n) is 7.87. The summed E-state index contributed by atoms with van der Waals surface area (Å²) in [7, 11) is 1.98. The van der Waals surface area contributed by atoms with Gasteiger partial charge >= 0.3 is 0 Å². The first kappa shape index (κ1) is 14.3. The second kappa shape index (κ2) is 5.98. The van der Waals surface area contributed by atoms with Gasteiger partial charge in [0, 0.05) is 13.1 Å². The van der Waals surface area contributed by atoms with Crippen LogP contribution < -0.4 is 5.32 Å². The lowest BCUT2D eigenvalue weighted by Gasteiger charge is -2.22.